The van der Waals surface area contributed by atoms with Crippen molar-refractivity contribution in [3.8, 4) is 5.75 Å². The maximum atomic E-state index is 13.1. The third-order valence-corrected chi connectivity index (χ3v) is 8.66. The van der Waals surface area contributed by atoms with Crippen LogP contribution >= 0.6 is 0 Å². The van der Waals surface area contributed by atoms with Gasteiger partial charge in [-0.25, -0.2) is 4.79 Å². The number of esters is 1. The second kappa shape index (κ2) is 10.4. The number of hydrogen-bond donors (Lipinski definition) is 1. The lowest BCUT2D eigenvalue weighted by Gasteiger charge is -2.60. The molecule has 7 heteroatoms. The highest BCUT2D eigenvalue weighted by molar-refractivity contribution is 5.68. The first-order chi connectivity index (χ1) is 17.8. The number of aromatic hydroxyl groups is 1. The number of carbonyl (C=O) groups excluding carboxylic acids is 2. The smallest absolute Gasteiger partial charge is 0.410 e. The van der Waals surface area contributed by atoms with Crippen molar-refractivity contribution in [2.24, 2.45) is 5.92 Å². The van der Waals surface area contributed by atoms with Crippen LogP contribution in [0.5, 0.6) is 5.75 Å². The molecular formula is C30H38N2O5. The molecule has 1 amide bonds. The van der Waals surface area contributed by atoms with Gasteiger partial charge in [-0.1, -0.05) is 42.5 Å². The lowest BCUT2D eigenvalue weighted by molar-refractivity contribution is -0.189. The number of piperidine rings is 1. The highest BCUT2D eigenvalue weighted by Crippen LogP contribution is 2.55. The van der Waals surface area contributed by atoms with Crippen LogP contribution in [0.1, 0.15) is 56.6 Å². The Labute approximate surface area is 219 Å². The summed E-state index contributed by atoms with van der Waals surface area (Å²) in [4.78, 5) is 29.8. The van der Waals surface area contributed by atoms with E-state index in [9.17, 15) is 14.7 Å². The summed E-state index contributed by atoms with van der Waals surface area (Å²) < 4.78 is 12.0. The zero-order chi connectivity index (χ0) is 26.0. The topological polar surface area (TPSA) is 79.3 Å². The zero-order valence-electron chi connectivity index (χ0n) is 21.9. The molecule has 0 bridgehead atoms. The van der Waals surface area contributed by atoms with Crippen molar-refractivity contribution in [1.29, 1.82) is 0 Å². The molecule has 2 aromatic rings. The number of amides is 1. The summed E-state index contributed by atoms with van der Waals surface area (Å²) in [6.07, 6.45) is 4.97. The van der Waals surface area contributed by atoms with Crippen LogP contribution in [0.2, 0.25) is 0 Å². The van der Waals surface area contributed by atoms with Crippen LogP contribution in [0.4, 0.5) is 4.79 Å². The van der Waals surface area contributed by atoms with Crippen LogP contribution in [0, 0.1) is 5.92 Å². The van der Waals surface area contributed by atoms with E-state index < -0.39 is 11.0 Å². The number of phenols is 1. The molecular weight excluding hydrogens is 468 g/mol. The van der Waals surface area contributed by atoms with Crippen LogP contribution in [-0.2, 0) is 26.3 Å². The van der Waals surface area contributed by atoms with E-state index in [1.807, 2.05) is 48.5 Å². The lowest BCUT2D eigenvalue weighted by Crippen LogP contribution is -2.68. The third kappa shape index (κ3) is 5.33. The molecule has 0 aromatic heterocycles. The first-order valence-electron chi connectivity index (χ1n) is 13.5. The van der Waals surface area contributed by atoms with E-state index >= 15 is 0 Å². The molecule has 3 fully saturated rings. The Kier molecular flexibility index (Phi) is 7.17. The van der Waals surface area contributed by atoms with Gasteiger partial charge < -0.3 is 19.5 Å². The lowest BCUT2D eigenvalue weighted by atomic mass is 9.55. The van der Waals surface area contributed by atoms with Crippen LogP contribution in [0.3, 0.4) is 0 Å². The fourth-order valence-electron chi connectivity index (χ4n) is 6.59. The standard InChI is InChI=1S/C30H38N2O5/c1-22(33)37-30-14-13-26(31(2)28(35)36-20-24-7-4-3-5-8-24)18-29(30,25-9-6-10-27(34)17-25)15-16-32(21-30)19-23-11-12-23/h3-10,17,23,26,34H,11-16,18-21H2,1-2H3/t26-,29+,30+/m1/s1. The quantitative estimate of drug-likeness (QED) is 0.540. The van der Waals surface area contributed by atoms with Gasteiger partial charge in [0.15, 0.2) is 0 Å². The van der Waals surface area contributed by atoms with Gasteiger partial charge in [-0.2, -0.15) is 0 Å². The van der Waals surface area contributed by atoms with Crippen molar-refractivity contribution < 1.29 is 24.2 Å². The Morgan fingerprint density at radius 1 is 1.08 bits per heavy atom. The van der Waals surface area contributed by atoms with Crippen molar-refractivity contribution >= 4 is 12.1 Å². The molecule has 1 saturated heterocycles. The Bertz CT molecular complexity index is 1120. The van der Waals surface area contributed by atoms with Gasteiger partial charge in [0, 0.05) is 38.5 Å². The fraction of sp³-hybridized carbons (Fsp3) is 0.533. The molecule has 3 atom stereocenters. The average molecular weight is 507 g/mol. The van der Waals surface area contributed by atoms with Gasteiger partial charge in [0.1, 0.15) is 18.0 Å². The van der Waals surface area contributed by atoms with Crippen LogP contribution in [0.15, 0.2) is 54.6 Å². The first kappa shape index (κ1) is 25.6. The van der Waals surface area contributed by atoms with E-state index in [1.54, 1.807) is 18.0 Å². The second-order valence-corrected chi connectivity index (χ2v) is 11.2. The van der Waals surface area contributed by atoms with Gasteiger partial charge in [-0.05, 0) is 74.2 Å². The van der Waals surface area contributed by atoms with Crippen LogP contribution in [-0.4, -0.2) is 65.3 Å². The summed E-state index contributed by atoms with van der Waals surface area (Å²) >= 11 is 0. The van der Waals surface area contributed by atoms with E-state index in [2.05, 4.69) is 4.90 Å². The summed E-state index contributed by atoms with van der Waals surface area (Å²) in [7, 11) is 1.80. The number of carbonyl (C=O) groups is 2. The molecule has 2 aromatic carbocycles. The summed E-state index contributed by atoms with van der Waals surface area (Å²) in [5, 5.41) is 10.4. The number of ether oxygens (including phenoxy) is 2. The minimum atomic E-state index is -0.717. The summed E-state index contributed by atoms with van der Waals surface area (Å²) in [5.74, 6) is 0.651. The minimum absolute atomic E-state index is 0.0794. The fourth-order valence-corrected chi connectivity index (χ4v) is 6.59. The third-order valence-electron chi connectivity index (χ3n) is 8.66. The molecule has 2 aliphatic carbocycles. The molecule has 5 rings (SSSR count). The zero-order valence-corrected chi connectivity index (χ0v) is 21.9. The average Bonchev–Trinajstić information content (AvgIpc) is 3.70. The van der Waals surface area contributed by atoms with Crippen LogP contribution < -0.4 is 0 Å². The molecule has 37 heavy (non-hydrogen) atoms. The van der Waals surface area contributed by atoms with Gasteiger partial charge >= 0.3 is 12.1 Å². The van der Waals surface area contributed by atoms with Gasteiger partial charge in [-0.3, -0.25) is 9.69 Å². The molecule has 198 valence electrons. The van der Waals surface area contributed by atoms with Crippen molar-refractivity contribution in [2.45, 2.75) is 69.1 Å². The molecule has 0 spiro atoms. The summed E-state index contributed by atoms with van der Waals surface area (Å²) in [6, 6.07) is 17.0. The Morgan fingerprint density at radius 3 is 2.57 bits per heavy atom. The van der Waals surface area contributed by atoms with E-state index in [4.69, 9.17) is 9.47 Å². The molecule has 2 saturated carbocycles. The molecule has 7 nitrogen and oxygen atoms in total. The molecule has 3 aliphatic rings. The van der Waals surface area contributed by atoms with Crippen molar-refractivity contribution in [3.63, 3.8) is 0 Å². The number of likely N-dealkylation sites (tertiary alicyclic amines) is 1. The number of nitrogens with zero attached hydrogens (tertiary/aromatic N) is 2. The Hall–Kier alpha value is -3.06. The second-order valence-electron chi connectivity index (χ2n) is 11.2. The van der Waals surface area contributed by atoms with Crippen molar-refractivity contribution in [1.82, 2.24) is 9.80 Å². The molecule has 1 N–H and O–H groups in total. The number of phenolic OH excluding ortho intramolecular Hbond substituents is 1. The first-order valence-corrected chi connectivity index (χ1v) is 13.5. The predicted octanol–water partition coefficient (Wildman–Crippen LogP) is 4.87. The van der Waals surface area contributed by atoms with E-state index in [1.165, 1.54) is 19.8 Å². The van der Waals surface area contributed by atoms with Crippen molar-refractivity contribution in [2.75, 3.05) is 26.7 Å². The van der Waals surface area contributed by atoms with Gasteiger partial charge in [0.05, 0.1) is 0 Å². The molecule has 0 unspecified atom stereocenters. The largest absolute Gasteiger partial charge is 0.508 e. The SMILES string of the molecule is CC(=O)O[C@]12CC[C@@H](N(C)C(=O)OCc3ccccc3)C[C@]1(c1cccc(O)c1)CCN(CC1CC1)C2. The number of rotatable bonds is 7. The van der Waals surface area contributed by atoms with Gasteiger partial charge in [0.2, 0.25) is 0 Å². The molecule has 0 radical (unpaired) electrons. The number of benzene rings is 2. The highest BCUT2D eigenvalue weighted by Gasteiger charge is 2.61. The van der Waals surface area contributed by atoms with Gasteiger partial charge in [0.25, 0.3) is 0 Å². The van der Waals surface area contributed by atoms with Crippen molar-refractivity contribution in [3.05, 3.63) is 65.7 Å². The monoisotopic (exact) mass is 506 g/mol. The number of fused-ring (bicyclic) bond motifs is 1. The van der Waals surface area contributed by atoms with E-state index in [0.717, 1.165) is 36.6 Å². The highest BCUT2D eigenvalue weighted by atomic mass is 16.6. The maximum Gasteiger partial charge on any atom is 0.410 e. The Morgan fingerprint density at radius 2 is 1.86 bits per heavy atom. The molecule has 1 aliphatic heterocycles. The normalized spacial score (nSPS) is 27.7. The summed E-state index contributed by atoms with van der Waals surface area (Å²) in [5.41, 5.74) is 0.677. The maximum absolute atomic E-state index is 13.1. The minimum Gasteiger partial charge on any atom is -0.508 e. The predicted molar refractivity (Wildman–Crippen MR) is 140 cm³/mol. The van der Waals surface area contributed by atoms with E-state index in [0.29, 0.717) is 25.8 Å². The van der Waals surface area contributed by atoms with E-state index in [-0.39, 0.29) is 30.5 Å². The van der Waals surface area contributed by atoms with Crippen LogP contribution in [0.25, 0.3) is 0 Å². The number of hydrogen-bond acceptors (Lipinski definition) is 6. The molecule has 1 heterocycles. The Balaban J connectivity index is 1.42. The van der Waals surface area contributed by atoms with Gasteiger partial charge in [-0.15, -0.1) is 0 Å². The summed E-state index contributed by atoms with van der Waals surface area (Å²) in [6.45, 7) is 4.31.